The van der Waals surface area contributed by atoms with E-state index < -0.39 is 0 Å². The number of hydrogen-bond acceptors (Lipinski definition) is 5. The minimum Gasteiger partial charge on any atom is -0.506 e. The minimum atomic E-state index is -0.144. The van der Waals surface area contributed by atoms with Gasteiger partial charge in [0.15, 0.2) is 0 Å². The van der Waals surface area contributed by atoms with Gasteiger partial charge in [-0.15, -0.1) is 0 Å². The summed E-state index contributed by atoms with van der Waals surface area (Å²) in [7, 11) is 0. The lowest BCUT2D eigenvalue weighted by molar-refractivity contribution is -0.440. The SMILES string of the molecule is Cc1cc(C)c(N(CCCCCCO)c2ccc(C3=C(O)C(=C4C=CC(=[N+](CCCCCCO)c5c(C)cc(C)cc5C)C=C4)C3=O)cc2)c(C)c1. The number of unbranched alkanes of at least 4 members (excludes halogenated alkanes) is 6. The molecular weight excluding hydrogens is 645 g/mol. The van der Waals surface area contributed by atoms with Crippen molar-refractivity contribution in [3.63, 3.8) is 0 Å². The Hall–Kier alpha value is -4.52. The molecule has 0 fully saturated rings. The molecule has 2 aliphatic carbocycles. The lowest BCUT2D eigenvalue weighted by Crippen LogP contribution is -2.24. The smallest absolute Gasteiger partial charge is 0.211 e. The Bertz CT molecular complexity index is 1880. The summed E-state index contributed by atoms with van der Waals surface area (Å²) in [6.07, 6.45) is 15.7. The van der Waals surface area contributed by atoms with Gasteiger partial charge in [0.1, 0.15) is 12.3 Å². The van der Waals surface area contributed by atoms with Crippen LogP contribution < -0.4 is 4.90 Å². The van der Waals surface area contributed by atoms with Gasteiger partial charge in [0.2, 0.25) is 17.2 Å². The molecule has 6 nitrogen and oxygen atoms in total. The Balaban J connectivity index is 1.41. The molecule has 0 aliphatic heterocycles. The van der Waals surface area contributed by atoms with E-state index in [9.17, 15) is 20.1 Å². The van der Waals surface area contributed by atoms with Crippen molar-refractivity contribution in [3.05, 3.63) is 129 Å². The number of ketones is 1. The number of hydrogen-bond donors (Lipinski definition) is 3. The van der Waals surface area contributed by atoms with Crippen molar-refractivity contribution < 1.29 is 24.7 Å². The first-order chi connectivity index (χ1) is 25.0. The van der Waals surface area contributed by atoms with Crippen LogP contribution in [0.1, 0.15) is 90.3 Å². The molecule has 52 heavy (non-hydrogen) atoms. The standard InChI is InChI=1S/C46H56N2O4/c1-31-27-33(3)43(34(4)28-31)47(23-11-7-9-13-25-49)39-19-15-37(16-20-39)41-45(51)42(46(41)52)38-17-21-40(22-18-38)48(24-12-8-10-14-26-50)44-35(5)29-32(2)30-36(44)6/h15-22,27-30,49-50H,7-14,23-26H2,1-6H3/p+1. The Morgan fingerprint density at radius 3 is 1.67 bits per heavy atom. The molecule has 274 valence electrons. The van der Waals surface area contributed by atoms with E-state index in [1.54, 1.807) is 0 Å². The molecule has 2 aliphatic rings. The molecule has 0 saturated heterocycles. The monoisotopic (exact) mass is 701 g/mol. The van der Waals surface area contributed by atoms with Gasteiger partial charge in [0.25, 0.3) is 0 Å². The number of nitrogens with zero attached hydrogens (tertiary/aromatic N) is 2. The van der Waals surface area contributed by atoms with Crippen LogP contribution in [0.3, 0.4) is 0 Å². The fourth-order valence-corrected chi connectivity index (χ4v) is 7.96. The second-order valence-electron chi connectivity index (χ2n) is 14.6. The molecule has 0 spiro atoms. The highest BCUT2D eigenvalue weighted by molar-refractivity contribution is 6.39. The van der Waals surface area contributed by atoms with E-state index in [4.69, 9.17) is 0 Å². The van der Waals surface area contributed by atoms with Crippen molar-refractivity contribution in [2.45, 2.75) is 92.9 Å². The predicted octanol–water partition coefficient (Wildman–Crippen LogP) is 9.84. The number of aryl methyl sites for hydroxylation is 6. The van der Waals surface area contributed by atoms with Crippen molar-refractivity contribution in [2.24, 2.45) is 0 Å². The third kappa shape index (κ3) is 8.74. The number of rotatable bonds is 16. The van der Waals surface area contributed by atoms with E-state index in [2.05, 4.69) is 99.6 Å². The van der Waals surface area contributed by atoms with Gasteiger partial charge in [-0.3, -0.25) is 4.79 Å². The number of carbonyl (C=O) groups excluding carboxylic acids is 1. The number of Topliss-reactive ketones (excluding diaryl/α,β-unsaturated/α-hetero) is 1. The molecule has 0 heterocycles. The number of allylic oxidation sites excluding steroid dienone is 7. The largest absolute Gasteiger partial charge is 0.506 e. The summed E-state index contributed by atoms with van der Waals surface area (Å²) in [4.78, 5) is 16.0. The van der Waals surface area contributed by atoms with Crippen LogP contribution in [0.2, 0.25) is 0 Å². The first-order valence-electron chi connectivity index (χ1n) is 19.0. The average molecular weight is 702 g/mol. The second kappa shape index (κ2) is 17.8. The quantitative estimate of drug-likeness (QED) is 0.0787. The summed E-state index contributed by atoms with van der Waals surface area (Å²) in [5.41, 5.74) is 14.0. The highest BCUT2D eigenvalue weighted by Crippen LogP contribution is 2.40. The fourth-order valence-electron chi connectivity index (χ4n) is 7.96. The van der Waals surface area contributed by atoms with Crippen molar-refractivity contribution in [3.8, 4) is 0 Å². The van der Waals surface area contributed by atoms with Gasteiger partial charge in [-0.2, -0.15) is 4.58 Å². The average Bonchev–Trinajstić information content (AvgIpc) is 3.10. The lowest BCUT2D eigenvalue weighted by atomic mass is 9.80. The minimum absolute atomic E-state index is 0.0439. The van der Waals surface area contributed by atoms with Crippen molar-refractivity contribution in [1.82, 2.24) is 0 Å². The van der Waals surface area contributed by atoms with Gasteiger partial charge in [-0.25, -0.2) is 0 Å². The third-order valence-corrected chi connectivity index (χ3v) is 10.3. The summed E-state index contributed by atoms with van der Waals surface area (Å²) in [6, 6.07) is 16.9. The van der Waals surface area contributed by atoms with Crippen LogP contribution in [0.25, 0.3) is 5.57 Å². The summed E-state index contributed by atoms with van der Waals surface area (Å²) in [5.74, 6) is -0.0997. The molecule has 0 aromatic heterocycles. The van der Waals surface area contributed by atoms with Crippen LogP contribution in [0.5, 0.6) is 0 Å². The molecule has 3 aromatic carbocycles. The van der Waals surface area contributed by atoms with E-state index in [0.29, 0.717) is 22.3 Å². The van der Waals surface area contributed by atoms with Crippen LogP contribution in [-0.4, -0.2) is 57.7 Å². The van der Waals surface area contributed by atoms with E-state index in [0.717, 1.165) is 75.9 Å². The van der Waals surface area contributed by atoms with Crippen LogP contribution in [0.15, 0.2) is 89.7 Å². The number of benzene rings is 3. The number of aliphatic hydroxyl groups is 3. The summed E-state index contributed by atoms with van der Waals surface area (Å²) < 4.78 is 2.36. The van der Waals surface area contributed by atoms with E-state index in [1.807, 2.05) is 24.3 Å². The molecule has 0 saturated carbocycles. The molecule has 3 N–H and O–H groups in total. The number of aliphatic hydroxyl groups excluding tert-OH is 3. The molecule has 0 atom stereocenters. The molecule has 0 radical (unpaired) electrons. The highest BCUT2D eigenvalue weighted by Gasteiger charge is 2.37. The normalized spacial score (nSPS) is 14.1. The topological polar surface area (TPSA) is 84.0 Å². The van der Waals surface area contributed by atoms with Gasteiger partial charge >= 0.3 is 0 Å². The van der Waals surface area contributed by atoms with Crippen molar-refractivity contribution in [2.75, 3.05) is 31.2 Å². The maximum Gasteiger partial charge on any atom is 0.211 e. The molecule has 5 rings (SSSR count). The Kier molecular flexibility index (Phi) is 13.3. The second-order valence-corrected chi connectivity index (χ2v) is 14.6. The molecule has 0 unspecified atom stereocenters. The zero-order valence-electron chi connectivity index (χ0n) is 32.1. The van der Waals surface area contributed by atoms with E-state index in [-0.39, 0.29) is 24.8 Å². The molecule has 0 amide bonds. The van der Waals surface area contributed by atoms with Gasteiger partial charge in [0.05, 0.1) is 11.1 Å². The van der Waals surface area contributed by atoms with Crippen molar-refractivity contribution >= 4 is 34.1 Å². The van der Waals surface area contributed by atoms with Crippen LogP contribution >= 0.6 is 0 Å². The number of carbonyl (C=O) groups is 1. The van der Waals surface area contributed by atoms with E-state index in [1.165, 1.54) is 44.8 Å². The zero-order chi connectivity index (χ0) is 37.4. The maximum atomic E-state index is 13.6. The lowest BCUT2D eigenvalue weighted by Gasteiger charge is -2.29. The van der Waals surface area contributed by atoms with Gasteiger partial charge in [0, 0.05) is 60.8 Å². The molecule has 6 heteroatoms. The van der Waals surface area contributed by atoms with Crippen molar-refractivity contribution in [1.29, 1.82) is 0 Å². The molecule has 0 bridgehead atoms. The molecule has 3 aromatic rings. The van der Waals surface area contributed by atoms with E-state index >= 15 is 0 Å². The summed E-state index contributed by atoms with van der Waals surface area (Å²) in [6.45, 7) is 15.0. The maximum absolute atomic E-state index is 13.6. The summed E-state index contributed by atoms with van der Waals surface area (Å²) >= 11 is 0. The van der Waals surface area contributed by atoms with Crippen LogP contribution in [-0.2, 0) is 4.79 Å². The zero-order valence-corrected chi connectivity index (χ0v) is 32.1. The van der Waals surface area contributed by atoms with Crippen LogP contribution in [0.4, 0.5) is 17.1 Å². The number of anilines is 2. The first kappa shape index (κ1) is 38.7. The first-order valence-corrected chi connectivity index (χ1v) is 19.0. The Morgan fingerprint density at radius 1 is 0.615 bits per heavy atom. The van der Waals surface area contributed by atoms with Gasteiger partial charge in [-0.05, 0) is 126 Å². The van der Waals surface area contributed by atoms with Gasteiger partial charge in [-0.1, -0.05) is 54.7 Å². The third-order valence-electron chi connectivity index (χ3n) is 10.3. The summed E-state index contributed by atoms with van der Waals surface area (Å²) in [5, 5.41) is 29.7. The van der Waals surface area contributed by atoms with Gasteiger partial charge < -0.3 is 20.2 Å². The fraction of sp³-hybridized carbons (Fsp3) is 0.391. The Labute approximate surface area is 310 Å². The molecular formula is C46H57N2O4+. The van der Waals surface area contributed by atoms with Crippen LogP contribution in [0, 0.1) is 41.5 Å². The Morgan fingerprint density at radius 2 is 1.13 bits per heavy atom. The predicted molar refractivity (Wildman–Crippen MR) is 216 cm³/mol. The highest BCUT2D eigenvalue weighted by atomic mass is 16.3.